The molecule has 0 aliphatic carbocycles. The number of hydrogen-bond acceptors (Lipinski definition) is 9. The summed E-state index contributed by atoms with van der Waals surface area (Å²) >= 11 is 6.06. The molecule has 0 unspecified atom stereocenters. The van der Waals surface area contributed by atoms with Crippen molar-refractivity contribution in [3.63, 3.8) is 0 Å². The lowest BCUT2D eigenvalue weighted by Crippen LogP contribution is -2.27. The van der Waals surface area contributed by atoms with E-state index in [1.807, 2.05) is 0 Å². The number of carbonyl (C=O) groups excluding carboxylic acids is 1. The maximum Gasteiger partial charge on any atom is 0.355 e. The lowest BCUT2D eigenvalue weighted by atomic mass is 10.1. The van der Waals surface area contributed by atoms with E-state index in [0.29, 0.717) is 11.3 Å². The summed E-state index contributed by atoms with van der Waals surface area (Å²) in [5.41, 5.74) is 6.01. The number of nitrogen functional groups attached to an aromatic ring is 1. The lowest BCUT2D eigenvalue weighted by molar-refractivity contribution is -0.149. The Kier molecular flexibility index (Phi) is 6.98. The van der Waals surface area contributed by atoms with Crippen molar-refractivity contribution in [2.24, 2.45) is 0 Å². The molecule has 11 heteroatoms. The second-order valence-electron chi connectivity index (χ2n) is 8.63. The van der Waals surface area contributed by atoms with Crippen LogP contribution < -0.4 is 11.1 Å². The molecule has 3 heterocycles. The van der Waals surface area contributed by atoms with Gasteiger partial charge < -0.3 is 20.2 Å². The van der Waals surface area contributed by atoms with Crippen molar-refractivity contribution in [3.05, 3.63) is 77.5 Å². The molecule has 0 fully saturated rings. The standard InChI is InChI=1S/C25H22ClFN6O3/c1-25(2,3)36-24(34)18(11-15-6-5-9-35-15)32-23-22(14-10-20(26)33-30-12-14)31-19(13-29-23)16-7-4-8-17(28)21(16)27/h4-13H,28H2,1-3H3,(H,29,32)/b18-11-. The van der Waals surface area contributed by atoms with Gasteiger partial charge in [0, 0.05) is 17.2 Å². The zero-order valence-corrected chi connectivity index (χ0v) is 20.4. The molecule has 3 aromatic heterocycles. The first-order valence-electron chi connectivity index (χ1n) is 10.8. The number of rotatable bonds is 6. The molecule has 0 atom stereocenters. The van der Waals surface area contributed by atoms with Gasteiger partial charge in [-0.05, 0) is 51.1 Å². The first-order valence-corrected chi connectivity index (χ1v) is 11.1. The molecule has 0 aliphatic rings. The molecular formula is C25H22ClFN6O3. The van der Waals surface area contributed by atoms with Crippen LogP contribution in [-0.2, 0) is 9.53 Å². The maximum atomic E-state index is 14.7. The average molecular weight is 509 g/mol. The summed E-state index contributed by atoms with van der Waals surface area (Å²) in [6.07, 6.45) is 5.73. The Morgan fingerprint density at radius 3 is 2.72 bits per heavy atom. The minimum Gasteiger partial charge on any atom is -0.465 e. The number of nitrogens with two attached hydrogens (primary N) is 1. The van der Waals surface area contributed by atoms with E-state index in [1.165, 1.54) is 42.9 Å². The van der Waals surface area contributed by atoms with Crippen LogP contribution in [-0.4, -0.2) is 31.7 Å². The molecule has 4 rings (SSSR count). The van der Waals surface area contributed by atoms with Gasteiger partial charge in [-0.15, -0.1) is 5.10 Å². The highest BCUT2D eigenvalue weighted by molar-refractivity contribution is 6.29. The fourth-order valence-electron chi connectivity index (χ4n) is 3.15. The number of nitrogens with one attached hydrogen (secondary N) is 1. The molecule has 0 saturated carbocycles. The number of benzene rings is 1. The summed E-state index contributed by atoms with van der Waals surface area (Å²) in [6.45, 7) is 5.25. The van der Waals surface area contributed by atoms with Crippen LogP contribution in [0.5, 0.6) is 0 Å². The predicted octanol–water partition coefficient (Wildman–Crippen LogP) is 5.36. The molecule has 184 valence electrons. The van der Waals surface area contributed by atoms with Gasteiger partial charge in [0.2, 0.25) is 0 Å². The van der Waals surface area contributed by atoms with Gasteiger partial charge in [-0.1, -0.05) is 17.7 Å². The summed E-state index contributed by atoms with van der Waals surface area (Å²) in [6, 6.07) is 9.47. The van der Waals surface area contributed by atoms with E-state index in [9.17, 15) is 9.18 Å². The second kappa shape index (κ2) is 10.1. The van der Waals surface area contributed by atoms with Crippen molar-refractivity contribution in [1.82, 2.24) is 20.2 Å². The van der Waals surface area contributed by atoms with Crippen molar-refractivity contribution in [2.45, 2.75) is 26.4 Å². The third kappa shape index (κ3) is 5.84. The summed E-state index contributed by atoms with van der Waals surface area (Å²) in [4.78, 5) is 22.0. The summed E-state index contributed by atoms with van der Waals surface area (Å²) in [7, 11) is 0. The summed E-state index contributed by atoms with van der Waals surface area (Å²) < 4.78 is 25.6. The lowest BCUT2D eigenvalue weighted by Gasteiger charge is -2.21. The first-order chi connectivity index (χ1) is 17.1. The van der Waals surface area contributed by atoms with Crippen LogP contribution in [0.25, 0.3) is 28.6 Å². The zero-order chi connectivity index (χ0) is 25.9. The highest BCUT2D eigenvalue weighted by atomic mass is 35.5. The fraction of sp³-hybridized carbons (Fsp3) is 0.160. The minimum atomic E-state index is -0.757. The molecular weight excluding hydrogens is 487 g/mol. The van der Waals surface area contributed by atoms with Crippen molar-refractivity contribution >= 4 is 35.2 Å². The maximum absolute atomic E-state index is 14.7. The average Bonchev–Trinajstić information content (AvgIpc) is 3.33. The molecule has 36 heavy (non-hydrogen) atoms. The smallest absolute Gasteiger partial charge is 0.355 e. The Labute approximate surface area is 211 Å². The van der Waals surface area contributed by atoms with Gasteiger partial charge >= 0.3 is 5.97 Å². The number of anilines is 2. The summed E-state index contributed by atoms with van der Waals surface area (Å²) in [5.74, 6) is -0.708. The number of nitrogens with zero attached hydrogens (tertiary/aromatic N) is 4. The van der Waals surface area contributed by atoms with Crippen molar-refractivity contribution in [2.75, 3.05) is 11.1 Å². The molecule has 0 saturated heterocycles. The number of aromatic nitrogens is 4. The highest BCUT2D eigenvalue weighted by Gasteiger charge is 2.23. The van der Waals surface area contributed by atoms with E-state index < -0.39 is 17.4 Å². The van der Waals surface area contributed by atoms with Crippen LogP contribution in [0, 0.1) is 5.82 Å². The third-order valence-electron chi connectivity index (χ3n) is 4.68. The van der Waals surface area contributed by atoms with Crippen molar-refractivity contribution < 1.29 is 18.3 Å². The van der Waals surface area contributed by atoms with Gasteiger partial charge in [0.15, 0.2) is 16.8 Å². The Balaban J connectivity index is 1.84. The number of ether oxygens (including phenoxy) is 1. The molecule has 0 bridgehead atoms. The normalized spacial score (nSPS) is 11.9. The van der Waals surface area contributed by atoms with Gasteiger partial charge in [-0.25, -0.2) is 19.2 Å². The monoisotopic (exact) mass is 508 g/mol. The predicted molar refractivity (Wildman–Crippen MR) is 134 cm³/mol. The Bertz CT molecular complexity index is 1430. The largest absolute Gasteiger partial charge is 0.465 e. The Hall–Kier alpha value is -4.31. The van der Waals surface area contributed by atoms with E-state index in [2.05, 4.69) is 25.5 Å². The Morgan fingerprint density at radius 1 is 1.22 bits per heavy atom. The van der Waals surface area contributed by atoms with Crippen molar-refractivity contribution in [3.8, 4) is 22.5 Å². The van der Waals surface area contributed by atoms with Gasteiger partial charge in [-0.3, -0.25) is 0 Å². The summed E-state index contributed by atoms with van der Waals surface area (Å²) in [5, 5.41) is 10.7. The van der Waals surface area contributed by atoms with Gasteiger partial charge in [0.25, 0.3) is 0 Å². The van der Waals surface area contributed by atoms with Crippen LogP contribution in [0.2, 0.25) is 5.15 Å². The van der Waals surface area contributed by atoms with E-state index in [1.54, 1.807) is 39.0 Å². The molecule has 3 N–H and O–H groups in total. The topological polar surface area (TPSA) is 129 Å². The van der Waals surface area contributed by atoms with Gasteiger partial charge in [0.05, 0.1) is 30.0 Å². The van der Waals surface area contributed by atoms with Crippen molar-refractivity contribution in [1.29, 1.82) is 0 Å². The Morgan fingerprint density at radius 2 is 2.03 bits per heavy atom. The number of hydrogen-bond donors (Lipinski definition) is 2. The zero-order valence-electron chi connectivity index (χ0n) is 19.6. The quantitative estimate of drug-likeness (QED) is 0.201. The second-order valence-corrected chi connectivity index (χ2v) is 9.02. The molecule has 4 aromatic rings. The number of furan rings is 1. The van der Waals surface area contributed by atoms with Crippen LogP contribution in [0.4, 0.5) is 15.9 Å². The van der Waals surface area contributed by atoms with E-state index in [4.69, 9.17) is 26.5 Å². The first kappa shape index (κ1) is 24.8. The molecule has 1 aromatic carbocycles. The molecule has 9 nitrogen and oxygen atoms in total. The molecule has 0 aliphatic heterocycles. The van der Waals surface area contributed by atoms with Crippen LogP contribution in [0.1, 0.15) is 26.5 Å². The SMILES string of the molecule is CC(C)(C)OC(=O)/C(=C/c1ccco1)Nc1ncc(-c2cccc(N)c2F)nc1-c1cnnc(Cl)c1. The number of halogens is 2. The van der Waals surface area contributed by atoms with Crippen LogP contribution in [0.15, 0.2) is 65.2 Å². The van der Waals surface area contributed by atoms with E-state index in [0.717, 1.165) is 0 Å². The third-order valence-corrected chi connectivity index (χ3v) is 4.86. The number of esters is 1. The number of carbonyl (C=O) groups is 1. The highest BCUT2D eigenvalue weighted by Crippen LogP contribution is 2.31. The molecule has 0 spiro atoms. The van der Waals surface area contributed by atoms with Gasteiger partial charge in [0.1, 0.15) is 22.8 Å². The van der Waals surface area contributed by atoms with E-state index >= 15 is 0 Å². The van der Waals surface area contributed by atoms with Gasteiger partial charge in [-0.2, -0.15) is 5.10 Å². The molecule has 0 radical (unpaired) electrons. The fourth-order valence-corrected chi connectivity index (χ4v) is 3.31. The van der Waals surface area contributed by atoms with Crippen LogP contribution in [0.3, 0.4) is 0 Å². The van der Waals surface area contributed by atoms with Crippen LogP contribution >= 0.6 is 11.6 Å². The molecule has 0 amide bonds. The minimum absolute atomic E-state index is 0.0275. The van der Waals surface area contributed by atoms with E-state index in [-0.39, 0.29) is 39.3 Å².